The second kappa shape index (κ2) is 11.5. The molecule has 1 rings (SSSR count). The van der Waals surface area contributed by atoms with Crippen LogP contribution < -0.4 is 10.6 Å². The first-order chi connectivity index (χ1) is 11.2. The van der Waals surface area contributed by atoms with Gasteiger partial charge in [-0.25, -0.2) is 0 Å². The molecule has 0 bridgehead atoms. The Bertz CT molecular complexity index is 570. The van der Waals surface area contributed by atoms with Crippen LogP contribution in [0.5, 0.6) is 0 Å². The minimum absolute atomic E-state index is 0.335. The van der Waals surface area contributed by atoms with Gasteiger partial charge in [0, 0.05) is 5.75 Å². The van der Waals surface area contributed by atoms with Gasteiger partial charge in [0.15, 0.2) is 6.19 Å². The van der Waals surface area contributed by atoms with Crippen molar-refractivity contribution in [3.63, 3.8) is 0 Å². The third kappa shape index (κ3) is 8.20. The zero-order valence-corrected chi connectivity index (χ0v) is 14.4. The second-order valence-electron chi connectivity index (χ2n) is 4.78. The van der Waals surface area contributed by atoms with Crippen LogP contribution in [-0.2, 0) is 12.3 Å². The van der Waals surface area contributed by atoms with E-state index in [1.807, 2.05) is 18.3 Å². The molecular formula is C16H23N5OS. The number of rotatable bonds is 9. The van der Waals surface area contributed by atoms with Crippen molar-refractivity contribution in [1.82, 2.24) is 15.5 Å². The molecule has 0 aliphatic rings. The summed E-state index contributed by atoms with van der Waals surface area (Å²) in [5.74, 6) is 6.45. The number of nitrogens with one attached hydrogen (secondary N) is 2. The van der Waals surface area contributed by atoms with E-state index in [4.69, 9.17) is 16.1 Å². The molecule has 0 atom stereocenters. The summed E-state index contributed by atoms with van der Waals surface area (Å²) in [6.07, 6.45) is 6.99. The molecule has 124 valence electrons. The maximum Gasteiger partial charge on any atom is 0.205 e. The van der Waals surface area contributed by atoms with Crippen LogP contribution in [0.25, 0.3) is 0 Å². The number of terminal acetylenes is 1. The van der Waals surface area contributed by atoms with Gasteiger partial charge in [0.2, 0.25) is 5.96 Å². The van der Waals surface area contributed by atoms with E-state index in [0.29, 0.717) is 19.0 Å². The van der Waals surface area contributed by atoms with Crippen LogP contribution in [0.1, 0.15) is 18.4 Å². The van der Waals surface area contributed by atoms with E-state index in [1.54, 1.807) is 11.8 Å². The number of aliphatic imine (C=N–C) groups is 1. The van der Waals surface area contributed by atoms with Gasteiger partial charge in [0.1, 0.15) is 11.5 Å². The van der Waals surface area contributed by atoms with Gasteiger partial charge in [0.25, 0.3) is 0 Å². The Morgan fingerprint density at radius 2 is 2.26 bits per heavy atom. The van der Waals surface area contributed by atoms with Crippen molar-refractivity contribution in [2.45, 2.75) is 19.2 Å². The van der Waals surface area contributed by atoms with E-state index in [-0.39, 0.29) is 0 Å². The molecule has 1 aromatic heterocycles. The van der Waals surface area contributed by atoms with Crippen molar-refractivity contribution in [2.24, 2.45) is 4.99 Å². The molecule has 0 saturated heterocycles. The fourth-order valence-corrected chi connectivity index (χ4v) is 2.41. The summed E-state index contributed by atoms with van der Waals surface area (Å²) >= 11 is 1.74. The lowest BCUT2D eigenvalue weighted by molar-refractivity contribution is 0.305. The molecule has 6 nitrogen and oxygen atoms in total. The molecule has 0 radical (unpaired) electrons. The number of guanidine groups is 1. The summed E-state index contributed by atoms with van der Waals surface area (Å²) in [6, 6.07) is 4.05. The minimum Gasteiger partial charge on any atom is -0.464 e. The van der Waals surface area contributed by atoms with E-state index in [1.165, 1.54) is 0 Å². The first-order valence-electron chi connectivity index (χ1n) is 7.40. The van der Waals surface area contributed by atoms with Gasteiger partial charge in [0.05, 0.1) is 25.4 Å². The normalized spacial score (nSPS) is 11.1. The van der Waals surface area contributed by atoms with Crippen LogP contribution in [0, 0.1) is 23.8 Å². The van der Waals surface area contributed by atoms with Crippen LogP contribution in [-0.4, -0.2) is 43.3 Å². The third-order valence-electron chi connectivity index (χ3n) is 2.96. The first-order valence-corrected chi connectivity index (χ1v) is 8.55. The molecule has 23 heavy (non-hydrogen) atoms. The molecule has 7 heteroatoms. The van der Waals surface area contributed by atoms with Crippen LogP contribution in [0.3, 0.4) is 0 Å². The molecule has 0 aliphatic carbocycles. The molecule has 0 unspecified atom stereocenters. The Morgan fingerprint density at radius 3 is 2.96 bits per heavy atom. The lowest BCUT2D eigenvalue weighted by Crippen LogP contribution is -2.34. The molecule has 2 N–H and O–H groups in total. The topological polar surface area (TPSA) is 76.6 Å². The van der Waals surface area contributed by atoms with Crippen molar-refractivity contribution < 1.29 is 4.42 Å². The van der Waals surface area contributed by atoms with Gasteiger partial charge >= 0.3 is 0 Å². The maximum atomic E-state index is 8.62. The predicted molar refractivity (Wildman–Crippen MR) is 94.8 cm³/mol. The molecule has 0 amide bonds. The number of hydrogen-bond acceptors (Lipinski definition) is 5. The number of thioether (sulfide) groups is 1. The lowest BCUT2D eigenvalue weighted by atomic mass is 10.4. The van der Waals surface area contributed by atoms with Crippen LogP contribution >= 0.6 is 11.8 Å². The first kappa shape index (κ1) is 19.0. The number of hydrogen-bond donors (Lipinski definition) is 2. The van der Waals surface area contributed by atoms with Gasteiger partial charge in [-0.1, -0.05) is 12.8 Å². The third-order valence-corrected chi connectivity index (χ3v) is 3.92. The lowest BCUT2D eigenvalue weighted by Gasteiger charge is -2.10. The van der Waals surface area contributed by atoms with Crippen molar-refractivity contribution >= 4 is 17.7 Å². The number of furan rings is 1. The number of nitriles is 1. The summed E-state index contributed by atoms with van der Waals surface area (Å²) in [5.41, 5.74) is 0. The molecule has 0 aliphatic heterocycles. The summed E-state index contributed by atoms with van der Waals surface area (Å²) in [5, 5.41) is 13.9. The molecule has 0 spiro atoms. The summed E-state index contributed by atoms with van der Waals surface area (Å²) in [6.45, 7) is 4.87. The monoisotopic (exact) mass is 333 g/mol. The average molecular weight is 333 g/mol. The van der Waals surface area contributed by atoms with E-state index in [2.05, 4.69) is 40.4 Å². The quantitative estimate of drug-likeness (QED) is 0.179. The van der Waals surface area contributed by atoms with Crippen molar-refractivity contribution in [3.8, 4) is 18.5 Å². The second-order valence-corrected chi connectivity index (χ2v) is 5.88. The Morgan fingerprint density at radius 1 is 1.48 bits per heavy atom. The standard InChI is InChI=1S/C16H23N5OS/c1-4-8-18-16(20-13-17)19-9-10-23-12-15-7-6-14(22-15)11-21(3)5-2/h1,6-7H,5,8-12H2,2-3H3,(H2,18,19,20). The molecule has 0 aromatic carbocycles. The Kier molecular flexibility index (Phi) is 9.46. The van der Waals surface area contributed by atoms with Crippen molar-refractivity contribution in [2.75, 3.05) is 32.4 Å². The van der Waals surface area contributed by atoms with Crippen molar-refractivity contribution in [3.05, 3.63) is 23.7 Å². The number of nitrogens with zero attached hydrogens (tertiary/aromatic N) is 3. The highest BCUT2D eigenvalue weighted by Crippen LogP contribution is 2.16. The zero-order valence-electron chi connectivity index (χ0n) is 13.6. The van der Waals surface area contributed by atoms with Crippen LogP contribution in [0.4, 0.5) is 0 Å². The molecule has 1 aromatic rings. The predicted octanol–water partition coefficient (Wildman–Crippen LogP) is 1.61. The highest BCUT2D eigenvalue weighted by Gasteiger charge is 2.04. The van der Waals surface area contributed by atoms with E-state index >= 15 is 0 Å². The smallest absolute Gasteiger partial charge is 0.205 e. The Balaban J connectivity index is 2.28. The zero-order chi connectivity index (χ0) is 16.9. The molecular weight excluding hydrogens is 310 g/mol. The Labute approximate surface area is 142 Å². The van der Waals surface area contributed by atoms with E-state index < -0.39 is 0 Å². The van der Waals surface area contributed by atoms with Crippen LogP contribution in [0.15, 0.2) is 21.5 Å². The SMILES string of the molecule is C#CCN/C(=N/CCSCc1ccc(CN(C)CC)o1)NC#N. The summed E-state index contributed by atoms with van der Waals surface area (Å²) in [4.78, 5) is 6.45. The summed E-state index contributed by atoms with van der Waals surface area (Å²) < 4.78 is 5.79. The molecule has 1 heterocycles. The van der Waals surface area contributed by atoms with Crippen molar-refractivity contribution in [1.29, 1.82) is 5.26 Å². The van der Waals surface area contributed by atoms with Crippen LogP contribution in [0.2, 0.25) is 0 Å². The van der Waals surface area contributed by atoms with Gasteiger partial charge in [-0.2, -0.15) is 17.0 Å². The van der Waals surface area contributed by atoms with Gasteiger partial charge in [-0.3, -0.25) is 15.2 Å². The molecule has 0 fully saturated rings. The highest BCUT2D eigenvalue weighted by atomic mass is 32.2. The highest BCUT2D eigenvalue weighted by molar-refractivity contribution is 7.98. The fourth-order valence-electron chi connectivity index (χ4n) is 1.68. The average Bonchev–Trinajstić information content (AvgIpc) is 2.99. The molecule has 0 saturated carbocycles. The van der Waals surface area contributed by atoms with Gasteiger partial charge < -0.3 is 9.73 Å². The van der Waals surface area contributed by atoms with Gasteiger partial charge in [-0.15, -0.1) is 6.42 Å². The van der Waals surface area contributed by atoms with Gasteiger partial charge in [-0.05, 0) is 25.7 Å². The van der Waals surface area contributed by atoms with E-state index in [9.17, 15) is 0 Å². The maximum absolute atomic E-state index is 8.62. The minimum atomic E-state index is 0.335. The fraction of sp³-hybridized carbons (Fsp3) is 0.500. The Hall–Kier alpha value is -2.09. The largest absolute Gasteiger partial charge is 0.464 e. The summed E-state index contributed by atoms with van der Waals surface area (Å²) in [7, 11) is 2.07. The van der Waals surface area contributed by atoms with E-state index in [0.717, 1.165) is 36.1 Å².